The highest BCUT2D eigenvalue weighted by Gasteiger charge is 2.30. The third-order valence-corrected chi connectivity index (χ3v) is 7.41. The van der Waals surface area contributed by atoms with E-state index in [1.54, 1.807) is 12.1 Å². The number of nitrogens with one attached hydrogen (secondary N) is 1. The molecule has 1 amide bonds. The fourth-order valence-corrected chi connectivity index (χ4v) is 5.17. The minimum absolute atomic E-state index is 0.0255. The fourth-order valence-electron chi connectivity index (χ4n) is 3.72. The molecule has 33 heavy (non-hydrogen) atoms. The minimum Gasteiger partial charge on any atom is -0.377 e. The van der Waals surface area contributed by atoms with Gasteiger partial charge >= 0.3 is 0 Å². The molecule has 0 radical (unpaired) electrons. The van der Waals surface area contributed by atoms with Gasteiger partial charge in [-0.25, -0.2) is 12.8 Å². The van der Waals surface area contributed by atoms with E-state index in [0.29, 0.717) is 12.3 Å². The Morgan fingerprint density at radius 3 is 2.45 bits per heavy atom. The lowest BCUT2D eigenvalue weighted by Gasteiger charge is -2.27. The number of rotatable bonds is 9. The molecule has 0 aliphatic carbocycles. The summed E-state index contributed by atoms with van der Waals surface area (Å²) in [5, 5.41) is 2.88. The average Bonchev–Trinajstić information content (AvgIpc) is 3.26. The van der Waals surface area contributed by atoms with E-state index in [1.165, 1.54) is 16.4 Å². The normalized spacial score (nSPS) is 16.4. The van der Waals surface area contributed by atoms with Crippen LogP contribution in [0.5, 0.6) is 0 Å². The molecule has 1 heterocycles. The monoisotopic (exact) mass is 477 g/mol. The van der Waals surface area contributed by atoms with Crippen LogP contribution in [-0.4, -0.2) is 52.0 Å². The van der Waals surface area contributed by atoms with Crippen molar-refractivity contribution in [1.29, 1.82) is 0 Å². The molecule has 1 N–H and O–H groups in total. The summed E-state index contributed by atoms with van der Waals surface area (Å²) in [5.41, 5.74) is 2.18. The van der Waals surface area contributed by atoms with Crippen LogP contribution in [0.1, 0.15) is 32.3 Å². The predicted molar refractivity (Wildman–Crippen MR) is 127 cm³/mol. The van der Waals surface area contributed by atoms with Crippen LogP contribution in [-0.2, 0) is 26.1 Å². The van der Waals surface area contributed by atoms with Crippen LogP contribution in [0.3, 0.4) is 0 Å². The fraction of sp³-hybridized carbons (Fsp3) is 0.458. The Kier molecular flexibility index (Phi) is 8.10. The van der Waals surface area contributed by atoms with Gasteiger partial charge in [0.2, 0.25) is 15.9 Å². The van der Waals surface area contributed by atoms with Gasteiger partial charge in [0.05, 0.1) is 11.0 Å². The summed E-state index contributed by atoms with van der Waals surface area (Å²) in [6.07, 6.45) is 1.46. The number of sulfonamides is 1. The van der Waals surface area contributed by atoms with Crippen molar-refractivity contribution in [3.8, 4) is 0 Å². The quantitative estimate of drug-likeness (QED) is 0.593. The van der Waals surface area contributed by atoms with Crippen molar-refractivity contribution >= 4 is 27.3 Å². The first-order valence-electron chi connectivity index (χ1n) is 11.1. The molecule has 0 unspecified atom stereocenters. The van der Waals surface area contributed by atoms with E-state index >= 15 is 0 Å². The molecule has 2 aromatic rings. The highest BCUT2D eigenvalue weighted by atomic mass is 32.2. The average molecular weight is 478 g/mol. The summed E-state index contributed by atoms with van der Waals surface area (Å²) < 4.78 is 47.6. The summed E-state index contributed by atoms with van der Waals surface area (Å²) >= 11 is 0. The van der Waals surface area contributed by atoms with Gasteiger partial charge in [-0.3, -0.25) is 4.79 Å². The van der Waals surface area contributed by atoms with Crippen LogP contribution in [0.25, 0.3) is 0 Å². The summed E-state index contributed by atoms with van der Waals surface area (Å²) in [5.74, 6) is -0.798. The highest BCUT2D eigenvalue weighted by molar-refractivity contribution is 7.89. The van der Waals surface area contributed by atoms with Crippen LogP contribution in [0, 0.1) is 11.7 Å². The zero-order valence-electron chi connectivity index (χ0n) is 19.5. The van der Waals surface area contributed by atoms with Crippen molar-refractivity contribution < 1.29 is 22.3 Å². The first-order valence-corrected chi connectivity index (χ1v) is 12.5. The Morgan fingerprint density at radius 1 is 1.18 bits per heavy atom. The van der Waals surface area contributed by atoms with Crippen molar-refractivity contribution in [2.75, 3.05) is 37.5 Å². The number of carbonyl (C=O) groups excluding carboxylic acids is 1. The Morgan fingerprint density at radius 2 is 1.88 bits per heavy atom. The van der Waals surface area contributed by atoms with Gasteiger partial charge in [0.15, 0.2) is 0 Å². The van der Waals surface area contributed by atoms with Gasteiger partial charge in [0.1, 0.15) is 5.82 Å². The summed E-state index contributed by atoms with van der Waals surface area (Å²) in [6, 6.07) is 10.3. The lowest BCUT2D eigenvalue weighted by molar-refractivity contribution is -0.118. The number of nitrogens with zero attached hydrogens (tertiary/aromatic N) is 2. The second kappa shape index (κ2) is 10.6. The van der Waals surface area contributed by atoms with Crippen molar-refractivity contribution in [2.45, 2.75) is 44.2 Å². The number of anilines is 2. The van der Waals surface area contributed by atoms with E-state index in [2.05, 4.69) is 5.32 Å². The van der Waals surface area contributed by atoms with Gasteiger partial charge in [-0.15, -0.1) is 0 Å². The van der Waals surface area contributed by atoms with E-state index < -0.39 is 15.8 Å². The maximum Gasteiger partial charge on any atom is 0.243 e. The molecule has 1 saturated heterocycles. The molecule has 0 spiro atoms. The molecule has 1 fully saturated rings. The largest absolute Gasteiger partial charge is 0.377 e. The van der Waals surface area contributed by atoms with Gasteiger partial charge in [-0.1, -0.05) is 13.8 Å². The molecule has 1 aliphatic rings. The van der Waals surface area contributed by atoms with Crippen LogP contribution in [0.2, 0.25) is 0 Å². The molecule has 0 aromatic heterocycles. The van der Waals surface area contributed by atoms with Crippen LogP contribution >= 0.6 is 0 Å². The zero-order valence-corrected chi connectivity index (χ0v) is 20.4. The van der Waals surface area contributed by atoms with Crippen LogP contribution in [0.15, 0.2) is 47.4 Å². The molecule has 180 valence electrons. The molecule has 1 aliphatic heterocycles. The summed E-state index contributed by atoms with van der Waals surface area (Å²) in [6.45, 7) is 4.49. The second-order valence-electron chi connectivity index (χ2n) is 8.77. The maximum absolute atomic E-state index is 13.5. The predicted octanol–water partition coefficient (Wildman–Crippen LogP) is 3.86. The van der Waals surface area contributed by atoms with Crippen molar-refractivity contribution in [1.82, 2.24) is 4.31 Å². The van der Waals surface area contributed by atoms with Crippen LogP contribution < -0.4 is 10.2 Å². The number of halogens is 1. The number of benzene rings is 2. The third-order valence-electron chi connectivity index (χ3n) is 5.58. The Bertz CT molecular complexity index is 1070. The molecular formula is C24H32FN3O4S. The third kappa shape index (κ3) is 6.31. The number of hydrogen-bond acceptors (Lipinski definition) is 5. The minimum atomic E-state index is -3.91. The second-order valence-corrected chi connectivity index (χ2v) is 10.7. The molecular weight excluding hydrogens is 445 g/mol. The first kappa shape index (κ1) is 25.1. The summed E-state index contributed by atoms with van der Waals surface area (Å²) in [7, 11) is -0.156. The van der Waals surface area contributed by atoms with E-state index in [4.69, 9.17) is 4.74 Å². The molecule has 9 heteroatoms. The zero-order chi connectivity index (χ0) is 24.2. The van der Waals surface area contributed by atoms with Gasteiger partial charge < -0.3 is 15.0 Å². The standard InChI is InChI=1S/C24H32FN3O4S/c1-17(2)24(29)26-20-9-12-23(27(3)4)18(14-20)15-28(16-21-6-5-13-32-21)33(30,31)22-10-7-19(25)8-11-22/h7-12,14,17,21H,5-6,13,15-16H2,1-4H3,(H,26,29)/t21-/m1/s1. The molecule has 0 saturated carbocycles. The Balaban J connectivity index is 1.98. The van der Waals surface area contributed by atoms with Crippen molar-refractivity contribution in [2.24, 2.45) is 5.92 Å². The van der Waals surface area contributed by atoms with Crippen molar-refractivity contribution in [3.63, 3.8) is 0 Å². The van der Waals surface area contributed by atoms with Gasteiger partial charge in [0.25, 0.3) is 0 Å². The van der Waals surface area contributed by atoms with E-state index in [-0.39, 0.29) is 35.9 Å². The lowest BCUT2D eigenvalue weighted by atomic mass is 10.1. The number of amides is 1. The lowest BCUT2D eigenvalue weighted by Crippen LogP contribution is -2.37. The molecule has 1 atom stereocenters. The molecule has 3 rings (SSSR count). The van der Waals surface area contributed by atoms with E-state index in [1.807, 2.05) is 38.9 Å². The topological polar surface area (TPSA) is 79.0 Å². The molecule has 2 aromatic carbocycles. The van der Waals surface area contributed by atoms with Gasteiger partial charge in [0, 0.05) is 51.1 Å². The molecule has 0 bridgehead atoms. The first-order chi connectivity index (χ1) is 15.6. The number of carbonyl (C=O) groups is 1. The maximum atomic E-state index is 13.5. The summed E-state index contributed by atoms with van der Waals surface area (Å²) in [4.78, 5) is 14.1. The van der Waals surface area contributed by atoms with Gasteiger partial charge in [-0.2, -0.15) is 4.31 Å². The number of ether oxygens (including phenoxy) is 1. The van der Waals surface area contributed by atoms with Gasteiger partial charge in [-0.05, 0) is 60.9 Å². The van der Waals surface area contributed by atoms with E-state index in [0.717, 1.165) is 36.2 Å². The highest BCUT2D eigenvalue weighted by Crippen LogP contribution is 2.28. The Hall–Kier alpha value is -2.49. The molecule has 7 nitrogen and oxygen atoms in total. The SMILES string of the molecule is CC(C)C(=O)Nc1ccc(N(C)C)c(CN(C[C@H]2CCCO2)S(=O)(=O)c2ccc(F)cc2)c1. The van der Waals surface area contributed by atoms with Crippen molar-refractivity contribution in [3.05, 3.63) is 53.8 Å². The van der Waals surface area contributed by atoms with E-state index in [9.17, 15) is 17.6 Å². The number of hydrogen-bond donors (Lipinski definition) is 1. The smallest absolute Gasteiger partial charge is 0.243 e. The Labute approximate surface area is 195 Å². The van der Waals surface area contributed by atoms with Crippen LogP contribution in [0.4, 0.5) is 15.8 Å².